The molecule has 0 aliphatic carbocycles. The van der Waals surface area contributed by atoms with Crippen LogP contribution in [0.1, 0.15) is 40.0 Å². The van der Waals surface area contributed by atoms with Crippen LogP contribution >= 0.6 is 21.0 Å². The molecule has 0 amide bonds. The summed E-state index contributed by atoms with van der Waals surface area (Å²) in [5.41, 5.74) is 6.18. The Balaban J connectivity index is 1.70. The van der Waals surface area contributed by atoms with Crippen molar-refractivity contribution in [3.63, 3.8) is 0 Å². The lowest BCUT2D eigenvalue weighted by molar-refractivity contribution is -0.157. The van der Waals surface area contributed by atoms with Crippen LogP contribution in [-0.4, -0.2) is 33.4 Å². The highest BCUT2D eigenvalue weighted by atomic mass is 32.2. The number of carbonyl (C=O) groups is 1. The standard InChI is InChI=1S/C22H20N3O4PS/c1-8-15(30)4-12-17-16(13(23-2)7-31-20(8)17)10-5-25-14(18(10)24-12)3-9-11(21(25)27)6-29-22(28)19(9)26/h3-4,13,19,23,26H,5-7,30H2,1-2H3. The van der Waals surface area contributed by atoms with Gasteiger partial charge in [-0.05, 0) is 42.5 Å². The molecule has 6 rings (SSSR count). The average Bonchev–Trinajstić information content (AvgIpc) is 3.13. The van der Waals surface area contributed by atoms with E-state index in [2.05, 4.69) is 27.5 Å². The molecule has 0 saturated heterocycles. The molecular weight excluding hydrogens is 433 g/mol. The molecule has 0 radical (unpaired) electrons. The summed E-state index contributed by atoms with van der Waals surface area (Å²) >= 11 is 1.84. The van der Waals surface area contributed by atoms with Gasteiger partial charge in [0.05, 0.1) is 29.0 Å². The number of thioether (sulfide) groups is 1. The molecule has 5 heterocycles. The van der Waals surface area contributed by atoms with E-state index >= 15 is 0 Å². The van der Waals surface area contributed by atoms with Crippen LogP contribution in [0.3, 0.4) is 0 Å². The normalized spacial score (nSPS) is 21.0. The number of rotatable bonds is 1. The van der Waals surface area contributed by atoms with Crippen molar-refractivity contribution in [2.24, 2.45) is 0 Å². The van der Waals surface area contributed by atoms with Gasteiger partial charge in [0.1, 0.15) is 6.61 Å². The van der Waals surface area contributed by atoms with Crippen LogP contribution < -0.4 is 16.2 Å². The first kappa shape index (κ1) is 19.4. The molecule has 158 valence electrons. The zero-order valence-electron chi connectivity index (χ0n) is 17.0. The minimum absolute atomic E-state index is 0.113. The Morgan fingerprint density at radius 3 is 2.90 bits per heavy atom. The van der Waals surface area contributed by atoms with Gasteiger partial charge in [-0.25, -0.2) is 9.78 Å². The highest BCUT2D eigenvalue weighted by molar-refractivity contribution is 7.99. The summed E-state index contributed by atoms with van der Waals surface area (Å²) in [5, 5.41) is 16.0. The third-order valence-corrected chi connectivity index (χ3v) is 8.52. The highest BCUT2D eigenvalue weighted by Gasteiger charge is 2.37. The molecule has 3 aromatic rings. The number of aromatic nitrogens is 2. The lowest BCUT2D eigenvalue weighted by Crippen LogP contribution is -2.32. The highest BCUT2D eigenvalue weighted by Crippen LogP contribution is 2.47. The third-order valence-electron chi connectivity index (χ3n) is 6.62. The fraction of sp³-hybridized carbons (Fsp3) is 0.318. The number of esters is 1. The van der Waals surface area contributed by atoms with Crippen LogP contribution in [0, 0.1) is 6.92 Å². The molecule has 7 nitrogen and oxygen atoms in total. The van der Waals surface area contributed by atoms with Gasteiger partial charge in [0.25, 0.3) is 5.56 Å². The van der Waals surface area contributed by atoms with E-state index in [9.17, 15) is 14.7 Å². The first-order valence-corrected chi connectivity index (χ1v) is 11.6. The maximum absolute atomic E-state index is 13.3. The van der Waals surface area contributed by atoms with Gasteiger partial charge < -0.3 is 19.7 Å². The zero-order chi connectivity index (χ0) is 21.6. The van der Waals surface area contributed by atoms with E-state index < -0.39 is 12.1 Å². The maximum Gasteiger partial charge on any atom is 0.340 e. The molecule has 0 bridgehead atoms. The van der Waals surface area contributed by atoms with Gasteiger partial charge in [-0.15, -0.1) is 21.0 Å². The molecule has 3 atom stereocenters. The second kappa shape index (κ2) is 6.62. The molecule has 2 aromatic heterocycles. The zero-order valence-corrected chi connectivity index (χ0v) is 19.0. The number of pyridine rings is 2. The Morgan fingerprint density at radius 1 is 1.32 bits per heavy atom. The van der Waals surface area contributed by atoms with Gasteiger partial charge >= 0.3 is 5.97 Å². The fourth-order valence-electron chi connectivity index (χ4n) is 4.95. The molecular formula is C22H20N3O4PS. The minimum atomic E-state index is -1.44. The van der Waals surface area contributed by atoms with Crippen LogP contribution in [0.25, 0.3) is 22.3 Å². The largest absolute Gasteiger partial charge is 0.458 e. The lowest BCUT2D eigenvalue weighted by Gasteiger charge is -2.28. The monoisotopic (exact) mass is 453 g/mol. The number of cyclic esters (lactones) is 1. The number of aliphatic hydroxyl groups is 1. The number of hydrogen-bond acceptors (Lipinski definition) is 7. The Labute approximate surface area is 184 Å². The number of nitrogens with one attached hydrogen (secondary N) is 1. The summed E-state index contributed by atoms with van der Waals surface area (Å²) in [6, 6.07) is 3.95. The van der Waals surface area contributed by atoms with Gasteiger partial charge in [0.2, 0.25) is 0 Å². The van der Waals surface area contributed by atoms with E-state index in [0.29, 0.717) is 23.4 Å². The fourth-order valence-corrected chi connectivity index (χ4v) is 6.72. The summed E-state index contributed by atoms with van der Waals surface area (Å²) in [6.45, 7) is 2.44. The van der Waals surface area contributed by atoms with Crippen molar-refractivity contribution in [3.05, 3.63) is 50.3 Å². The quantitative estimate of drug-likeness (QED) is 0.335. The van der Waals surface area contributed by atoms with Gasteiger partial charge in [-0.1, -0.05) is 0 Å². The predicted molar refractivity (Wildman–Crippen MR) is 122 cm³/mol. The van der Waals surface area contributed by atoms with Crippen molar-refractivity contribution in [2.75, 3.05) is 12.8 Å². The predicted octanol–water partition coefficient (Wildman–Crippen LogP) is 1.69. The number of ether oxygens (including phenoxy) is 1. The number of carbonyl (C=O) groups excluding carboxylic acids is 1. The Bertz CT molecular complexity index is 1400. The molecule has 0 spiro atoms. The van der Waals surface area contributed by atoms with Crippen LogP contribution in [0.2, 0.25) is 0 Å². The van der Waals surface area contributed by atoms with Gasteiger partial charge in [0, 0.05) is 33.2 Å². The van der Waals surface area contributed by atoms with Crippen LogP contribution in [0.15, 0.2) is 21.8 Å². The topological polar surface area (TPSA) is 93.5 Å². The van der Waals surface area contributed by atoms with Crippen molar-refractivity contribution >= 4 is 43.2 Å². The molecule has 1 aromatic carbocycles. The van der Waals surface area contributed by atoms with Crippen LogP contribution in [-0.2, 0) is 22.7 Å². The molecule has 0 saturated carbocycles. The molecule has 3 aliphatic rings. The van der Waals surface area contributed by atoms with Gasteiger partial charge in [0.15, 0.2) is 6.10 Å². The summed E-state index contributed by atoms with van der Waals surface area (Å²) < 4.78 is 6.69. The van der Waals surface area contributed by atoms with E-state index in [1.165, 1.54) is 16.0 Å². The first-order chi connectivity index (χ1) is 14.9. The maximum atomic E-state index is 13.3. The summed E-state index contributed by atoms with van der Waals surface area (Å²) in [4.78, 5) is 31.4. The van der Waals surface area contributed by atoms with E-state index in [1.54, 1.807) is 10.6 Å². The van der Waals surface area contributed by atoms with Crippen LogP contribution in [0.4, 0.5) is 0 Å². The number of benzene rings is 1. The molecule has 9 heteroatoms. The second-order valence-electron chi connectivity index (χ2n) is 8.18. The van der Waals surface area contributed by atoms with E-state index in [1.807, 2.05) is 18.8 Å². The second-order valence-corrected chi connectivity index (χ2v) is 9.84. The summed E-state index contributed by atoms with van der Waals surface area (Å²) in [6.07, 6.45) is -1.44. The third kappa shape index (κ3) is 2.50. The molecule has 2 N–H and O–H groups in total. The SMILES string of the molecule is CNC1CSc2c(C)c(P)cc3nc4c(c1c23)Cn1c-4cc2c(c1=O)COC(=O)C2O. The van der Waals surface area contributed by atoms with E-state index in [4.69, 9.17) is 9.72 Å². The molecule has 3 unspecified atom stereocenters. The van der Waals surface area contributed by atoms with E-state index in [-0.39, 0.29) is 18.2 Å². The van der Waals surface area contributed by atoms with Crippen molar-refractivity contribution in [1.82, 2.24) is 14.9 Å². The average molecular weight is 453 g/mol. The van der Waals surface area contributed by atoms with Crippen molar-refractivity contribution < 1.29 is 14.6 Å². The Kier molecular flexibility index (Phi) is 4.15. The van der Waals surface area contributed by atoms with E-state index in [0.717, 1.165) is 33.2 Å². The van der Waals surface area contributed by atoms with Gasteiger partial charge in [-0.2, -0.15) is 0 Å². The smallest absolute Gasteiger partial charge is 0.340 e. The van der Waals surface area contributed by atoms with Crippen molar-refractivity contribution in [3.8, 4) is 11.4 Å². The summed E-state index contributed by atoms with van der Waals surface area (Å²) in [7, 11) is 4.75. The number of nitrogens with zero attached hydrogens (tertiary/aromatic N) is 2. The lowest BCUT2D eigenvalue weighted by atomic mass is 9.93. The van der Waals surface area contributed by atoms with Gasteiger partial charge in [-0.3, -0.25) is 4.79 Å². The van der Waals surface area contributed by atoms with Crippen molar-refractivity contribution in [1.29, 1.82) is 0 Å². The summed E-state index contributed by atoms with van der Waals surface area (Å²) in [5.74, 6) is 0.170. The molecule has 31 heavy (non-hydrogen) atoms. The molecule has 0 fully saturated rings. The Morgan fingerprint density at radius 2 is 2.13 bits per heavy atom. The first-order valence-electron chi connectivity index (χ1n) is 10.1. The Hall–Kier alpha value is -2.25. The number of hydrogen-bond donors (Lipinski definition) is 2. The molecule has 3 aliphatic heterocycles. The number of fused-ring (bicyclic) bond motifs is 5. The van der Waals surface area contributed by atoms with Crippen molar-refractivity contribution in [2.45, 2.75) is 37.1 Å². The number of aliphatic hydroxyl groups excluding tert-OH is 1. The van der Waals surface area contributed by atoms with Crippen LogP contribution in [0.5, 0.6) is 0 Å². The minimum Gasteiger partial charge on any atom is -0.458 e.